The topological polar surface area (TPSA) is 53.7 Å². The number of furan rings is 1. The first-order valence-electron chi connectivity index (χ1n) is 20.9. The summed E-state index contributed by atoms with van der Waals surface area (Å²) in [6, 6.07) is 75.0. The molecule has 0 fully saturated rings. The maximum atomic E-state index is 6.48. The summed E-state index contributed by atoms with van der Waals surface area (Å²) in [5, 5.41) is 16.7. The smallest absolute Gasteiger partial charge is 0.169 e. The Morgan fingerprint density at radius 1 is 0.323 bits per heavy atom. The van der Waals surface area contributed by atoms with Gasteiger partial charge < -0.3 is 13.6 Å². The van der Waals surface area contributed by atoms with Crippen LogP contribution in [0.3, 0.4) is 0 Å². The standard InChI is InChI=1S/C56H35N5O/c1-3-18-36(19-4-1)55-57-58-56(59(55)37-20-5-2-6-21-37)44-27-17-32-49-52(44)42-25-10-15-31-48(42)60(49)45-28-12-7-22-38(45)39-23-8-13-29-46(39)61-47-30-14-9-24-40(47)41-34-35-51-53(54(41)61)43-26-11-16-33-50(43)62-51/h1-35H. The molecule has 4 aromatic heterocycles. The van der Waals surface area contributed by atoms with Crippen LogP contribution in [0.5, 0.6) is 0 Å². The van der Waals surface area contributed by atoms with E-state index < -0.39 is 0 Å². The molecule has 290 valence electrons. The van der Waals surface area contributed by atoms with Gasteiger partial charge in [-0.25, -0.2) is 0 Å². The lowest BCUT2D eigenvalue weighted by Crippen LogP contribution is -2.02. The normalized spacial score (nSPS) is 11.9. The van der Waals surface area contributed by atoms with Crippen molar-refractivity contribution in [2.45, 2.75) is 0 Å². The third kappa shape index (κ3) is 4.98. The molecule has 13 rings (SSSR count). The molecular weight excluding hydrogens is 759 g/mol. The SMILES string of the molecule is c1ccc(-c2nnc(-c3cccc4c3c3ccccc3n4-c3ccccc3-c3ccccc3-n3c4ccccc4c4ccc5oc6ccccc6c5c43)n2-c2ccccc2)cc1. The van der Waals surface area contributed by atoms with Crippen LogP contribution in [0.25, 0.3) is 117 Å². The molecule has 4 heterocycles. The van der Waals surface area contributed by atoms with Crippen molar-refractivity contribution < 1.29 is 4.42 Å². The van der Waals surface area contributed by atoms with Gasteiger partial charge >= 0.3 is 0 Å². The molecule has 0 radical (unpaired) electrons. The fourth-order valence-electron chi connectivity index (χ4n) is 9.83. The maximum absolute atomic E-state index is 6.48. The summed E-state index contributed by atoms with van der Waals surface area (Å²) in [5.41, 5.74) is 13.7. The number of fused-ring (bicyclic) bond motifs is 10. The van der Waals surface area contributed by atoms with E-state index in [1.165, 1.54) is 10.8 Å². The molecule has 0 unspecified atom stereocenters. The van der Waals surface area contributed by atoms with E-state index in [2.05, 4.69) is 196 Å². The summed E-state index contributed by atoms with van der Waals surface area (Å²) in [5.74, 6) is 1.58. The molecule has 0 aliphatic rings. The lowest BCUT2D eigenvalue weighted by Gasteiger charge is -2.18. The highest BCUT2D eigenvalue weighted by Gasteiger charge is 2.25. The summed E-state index contributed by atoms with van der Waals surface area (Å²) >= 11 is 0. The summed E-state index contributed by atoms with van der Waals surface area (Å²) in [4.78, 5) is 0. The first-order valence-corrected chi connectivity index (χ1v) is 20.9. The van der Waals surface area contributed by atoms with E-state index in [9.17, 15) is 0 Å². The number of hydrogen-bond acceptors (Lipinski definition) is 3. The highest BCUT2D eigenvalue weighted by molar-refractivity contribution is 6.25. The minimum Gasteiger partial charge on any atom is -0.456 e. The average Bonchev–Trinajstić information content (AvgIpc) is 4.12. The number of para-hydroxylation sites is 6. The van der Waals surface area contributed by atoms with Gasteiger partial charge in [-0.2, -0.15) is 0 Å². The van der Waals surface area contributed by atoms with Crippen molar-refractivity contribution in [1.82, 2.24) is 23.9 Å². The average molecular weight is 794 g/mol. The zero-order valence-corrected chi connectivity index (χ0v) is 33.4. The second-order valence-corrected chi connectivity index (χ2v) is 15.8. The van der Waals surface area contributed by atoms with Gasteiger partial charge in [-0.1, -0.05) is 152 Å². The van der Waals surface area contributed by atoms with Crippen LogP contribution in [0.1, 0.15) is 0 Å². The van der Waals surface area contributed by atoms with Crippen LogP contribution in [0, 0.1) is 0 Å². The second-order valence-electron chi connectivity index (χ2n) is 15.8. The Kier molecular flexibility index (Phi) is 7.50. The molecule has 0 saturated carbocycles. The molecule has 6 nitrogen and oxygen atoms in total. The molecular formula is C56H35N5O. The Bertz CT molecular complexity index is 3870. The highest BCUT2D eigenvalue weighted by Crippen LogP contribution is 2.45. The summed E-state index contributed by atoms with van der Waals surface area (Å²) in [6.45, 7) is 0. The van der Waals surface area contributed by atoms with E-state index in [0.29, 0.717) is 0 Å². The summed E-state index contributed by atoms with van der Waals surface area (Å²) in [6.07, 6.45) is 0. The third-order valence-electron chi connectivity index (χ3n) is 12.4. The predicted molar refractivity (Wildman–Crippen MR) is 254 cm³/mol. The fraction of sp³-hybridized carbons (Fsp3) is 0. The third-order valence-corrected chi connectivity index (χ3v) is 12.4. The number of nitrogens with zero attached hydrogens (tertiary/aromatic N) is 5. The van der Waals surface area contributed by atoms with Crippen molar-refractivity contribution >= 4 is 65.6 Å². The summed E-state index contributed by atoms with van der Waals surface area (Å²) < 4.78 is 13.5. The largest absolute Gasteiger partial charge is 0.456 e. The fourth-order valence-corrected chi connectivity index (χ4v) is 9.83. The highest BCUT2D eigenvalue weighted by atomic mass is 16.3. The van der Waals surface area contributed by atoms with E-state index in [1.807, 2.05) is 30.3 Å². The molecule has 0 spiro atoms. The predicted octanol–water partition coefficient (Wildman–Crippen LogP) is 14.4. The Labute approximate surface area is 355 Å². The molecule has 0 amide bonds. The van der Waals surface area contributed by atoms with Gasteiger partial charge in [-0.05, 0) is 60.7 Å². The molecule has 0 atom stereocenters. The van der Waals surface area contributed by atoms with Crippen molar-refractivity contribution in [3.63, 3.8) is 0 Å². The van der Waals surface area contributed by atoms with Crippen LogP contribution in [0.4, 0.5) is 0 Å². The van der Waals surface area contributed by atoms with Crippen LogP contribution in [-0.4, -0.2) is 23.9 Å². The van der Waals surface area contributed by atoms with Gasteiger partial charge in [0.1, 0.15) is 11.2 Å². The summed E-state index contributed by atoms with van der Waals surface area (Å²) in [7, 11) is 0. The molecule has 62 heavy (non-hydrogen) atoms. The lowest BCUT2D eigenvalue weighted by molar-refractivity contribution is 0.669. The van der Waals surface area contributed by atoms with Crippen LogP contribution in [0.15, 0.2) is 217 Å². The van der Waals surface area contributed by atoms with E-state index in [-0.39, 0.29) is 0 Å². The molecule has 0 aliphatic heterocycles. The quantitative estimate of drug-likeness (QED) is 0.168. The van der Waals surface area contributed by atoms with Gasteiger partial charge in [-0.15, -0.1) is 10.2 Å². The van der Waals surface area contributed by atoms with E-state index in [1.54, 1.807) is 0 Å². The number of aromatic nitrogens is 5. The molecule has 0 aliphatic carbocycles. The first kappa shape index (κ1) is 34.4. The zero-order valence-electron chi connectivity index (χ0n) is 33.4. The number of benzene rings is 9. The van der Waals surface area contributed by atoms with E-state index in [0.717, 1.165) is 106 Å². The molecule has 0 N–H and O–H groups in total. The Balaban J connectivity index is 1.08. The van der Waals surface area contributed by atoms with Crippen LogP contribution in [-0.2, 0) is 0 Å². The second kappa shape index (κ2) is 13.5. The van der Waals surface area contributed by atoms with Gasteiger partial charge in [0.15, 0.2) is 11.6 Å². The van der Waals surface area contributed by atoms with Crippen molar-refractivity contribution in [1.29, 1.82) is 0 Å². The van der Waals surface area contributed by atoms with Crippen molar-refractivity contribution in [3.05, 3.63) is 212 Å². The Hall–Kier alpha value is -8.48. The van der Waals surface area contributed by atoms with Crippen LogP contribution >= 0.6 is 0 Å². The molecule has 0 bridgehead atoms. The van der Waals surface area contributed by atoms with Crippen molar-refractivity contribution in [3.8, 4) is 51.0 Å². The minimum atomic E-state index is 0.784. The Morgan fingerprint density at radius 2 is 0.887 bits per heavy atom. The van der Waals surface area contributed by atoms with Crippen molar-refractivity contribution in [2.24, 2.45) is 0 Å². The first-order chi connectivity index (χ1) is 30.8. The molecule has 6 heteroatoms. The molecule has 13 aromatic rings. The van der Waals surface area contributed by atoms with Crippen LogP contribution in [0.2, 0.25) is 0 Å². The van der Waals surface area contributed by atoms with Gasteiger partial charge in [0, 0.05) is 54.9 Å². The van der Waals surface area contributed by atoms with E-state index in [4.69, 9.17) is 14.6 Å². The minimum absolute atomic E-state index is 0.784. The number of rotatable bonds is 6. The van der Waals surface area contributed by atoms with Crippen LogP contribution < -0.4 is 0 Å². The zero-order chi connectivity index (χ0) is 40.7. The van der Waals surface area contributed by atoms with Crippen molar-refractivity contribution in [2.75, 3.05) is 0 Å². The molecule has 0 saturated heterocycles. The Morgan fingerprint density at radius 3 is 1.66 bits per heavy atom. The van der Waals surface area contributed by atoms with Gasteiger partial charge in [-0.3, -0.25) is 4.57 Å². The van der Waals surface area contributed by atoms with E-state index >= 15 is 0 Å². The maximum Gasteiger partial charge on any atom is 0.169 e. The number of hydrogen-bond donors (Lipinski definition) is 0. The molecule has 9 aromatic carbocycles. The van der Waals surface area contributed by atoms with Gasteiger partial charge in [0.25, 0.3) is 0 Å². The lowest BCUT2D eigenvalue weighted by atomic mass is 10.0. The monoisotopic (exact) mass is 793 g/mol. The van der Waals surface area contributed by atoms with Gasteiger partial charge in [0.05, 0.1) is 38.8 Å². The van der Waals surface area contributed by atoms with Gasteiger partial charge in [0.2, 0.25) is 0 Å².